The van der Waals surface area contributed by atoms with Crippen molar-refractivity contribution in [3.63, 3.8) is 0 Å². The van der Waals surface area contributed by atoms with E-state index in [0.29, 0.717) is 39.5 Å². The van der Waals surface area contributed by atoms with Crippen LogP contribution in [-0.4, -0.2) is 23.3 Å². The van der Waals surface area contributed by atoms with Gasteiger partial charge < -0.3 is 4.74 Å². The van der Waals surface area contributed by atoms with Crippen LogP contribution in [0.25, 0.3) is 10.2 Å². The molecular formula is C18H18Cl2N2O2S2. The second kappa shape index (κ2) is 8.31. The summed E-state index contributed by atoms with van der Waals surface area (Å²) in [7, 11) is 1.62. The number of nitrogens with zero attached hydrogens (tertiary/aromatic N) is 2. The summed E-state index contributed by atoms with van der Waals surface area (Å²) in [6, 6.07) is 5.43. The topological polar surface area (TPSA) is 44.1 Å². The summed E-state index contributed by atoms with van der Waals surface area (Å²) in [5, 5.41) is 2.59. The van der Waals surface area contributed by atoms with Crippen LogP contribution in [0.2, 0.25) is 10.0 Å². The largest absolute Gasteiger partial charge is 0.383 e. The Bertz CT molecular complexity index is 1010. The van der Waals surface area contributed by atoms with Crippen LogP contribution in [0.1, 0.15) is 16.0 Å². The zero-order chi connectivity index (χ0) is 18.8. The second-order valence-electron chi connectivity index (χ2n) is 5.83. The number of methoxy groups -OCH3 is 1. The number of thiophene rings is 1. The van der Waals surface area contributed by atoms with Gasteiger partial charge in [-0.1, -0.05) is 41.0 Å². The summed E-state index contributed by atoms with van der Waals surface area (Å²) >= 11 is 15.3. The van der Waals surface area contributed by atoms with Crippen LogP contribution in [0.3, 0.4) is 0 Å². The Morgan fingerprint density at radius 3 is 2.77 bits per heavy atom. The normalized spacial score (nSPS) is 11.4. The first-order valence-electron chi connectivity index (χ1n) is 7.98. The monoisotopic (exact) mass is 428 g/mol. The van der Waals surface area contributed by atoms with E-state index in [9.17, 15) is 4.79 Å². The van der Waals surface area contributed by atoms with Crippen LogP contribution in [0.5, 0.6) is 0 Å². The van der Waals surface area contributed by atoms with E-state index >= 15 is 0 Å². The molecule has 0 amide bonds. The smallest absolute Gasteiger partial charge is 0.263 e. The molecule has 3 aromatic rings. The van der Waals surface area contributed by atoms with Gasteiger partial charge in [0.1, 0.15) is 4.83 Å². The van der Waals surface area contributed by atoms with Gasteiger partial charge in [0.2, 0.25) is 0 Å². The van der Waals surface area contributed by atoms with Gasteiger partial charge >= 0.3 is 0 Å². The van der Waals surface area contributed by atoms with Crippen LogP contribution >= 0.6 is 46.3 Å². The minimum atomic E-state index is -0.0152. The van der Waals surface area contributed by atoms with Crippen molar-refractivity contribution < 1.29 is 4.74 Å². The average molecular weight is 429 g/mol. The Morgan fingerprint density at radius 1 is 1.31 bits per heavy atom. The van der Waals surface area contributed by atoms with Crippen molar-refractivity contribution in [2.24, 2.45) is 0 Å². The second-order valence-corrected chi connectivity index (χ2v) is 8.82. The third kappa shape index (κ3) is 3.94. The molecule has 0 N–H and O–H groups in total. The van der Waals surface area contributed by atoms with Crippen LogP contribution < -0.4 is 5.56 Å². The Kier molecular flexibility index (Phi) is 6.30. The summed E-state index contributed by atoms with van der Waals surface area (Å²) in [5.41, 5.74) is 1.94. The van der Waals surface area contributed by atoms with Gasteiger partial charge in [-0.3, -0.25) is 9.36 Å². The minimum Gasteiger partial charge on any atom is -0.383 e. The van der Waals surface area contributed by atoms with Crippen molar-refractivity contribution in [1.82, 2.24) is 9.55 Å². The van der Waals surface area contributed by atoms with Gasteiger partial charge in [0.05, 0.1) is 18.5 Å². The SMILES string of the molecule is COCCn1c(SCc2ccc(Cl)cc2Cl)nc2sc(C)c(C)c2c1=O. The average Bonchev–Trinajstić information content (AvgIpc) is 2.88. The summed E-state index contributed by atoms with van der Waals surface area (Å²) in [4.78, 5) is 19.7. The van der Waals surface area contributed by atoms with E-state index in [1.54, 1.807) is 29.1 Å². The van der Waals surface area contributed by atoms with E-state index in [4.69, 9.17) is 32.9 Å². The highest BCUT2D eigenvalue weighted by Crippen LogP contribution is 2.31. The Hall–Kier alpha value is -1.05. The van der Waals surface area contributed by atoms with Gasteiger partial charge in [0.15, 0.2) is 5.16 Å². The van der Waals surface area contributed by atoms with Crippen molar-refractivity contribution in [1.29, 1.82) is 0 Å². The molecule has 0 unspecified atom stereocenters. The number of halogens is 2. The molecule has 0 radical (unpaired) electrons. The predicted molar refractivity (Wildman–Crippen MR) is 111 cm³/mol. The molecule has 0 aliphatic heterocycles. The number of benzene rings is 1. The maximum Gasteiger partial charge on any atom is 0.263 e. The van der Waals surface area contributed by atoms with Gasteiger partial charge in [-0.25, -0.2) is 4.98 Å². The van der Waals surface area contributed by atoms with E-state index < -0.39 is 0 Å². The quantitative estimate of drug-likeness (QED) is 0.393. The van der Waals surface area contributed by atoms with Gasteiger partial charge in [-0.2, -0.15) is 0 Å². The molecule has 0 atom stereocenters. The number of hydrogen-bond acceptors (Lipinski definition) is 5. The van der Waals surface area contributed by atoms with Crippen molar-refractivity contribution in [3.05, 3.63) is 54.6 Å². The maximum atomic E-state index is 13.0. The summed E-state index contributed by atoms with van der Waals surface area (Å²) < 4.78 is 6.86. The summed E-state index contributed by atoms with van der Waals surface area (Å²) in [6.45, 7) is 4.90. The number of rotatable bonds is 6. The molecule has 0 aliphatic carbocycles. The van der Waals surface area contributed by atoms with Gasteiger partial charge in [-0.15, -0.1) is 11.3 Å². The molecule has 0 bridgehead atoms. The molecular weight excluding hydrogens is 411 g/mol. The number of thioether (sulfide) groups is 1. The van der Waals surface area contributed by atoms with Gasteiger partial charge in [0, 0.05) is 27.8 Å². The molecule has 2 heterocycles. The lowest BCUT2D eigenvalue weighted by Crippen LogP contribution is -2.25. The highest BCUT2D eigenvalue weighted by Gasteiger charge is 2.17. The minimum absolute atomic E-state index is 0.0152. The van der Waals surface area contributed by atoms with Crippen molar-refractivity contribution in [2.45, 2.75) is 31.3 Å². The van der Waals surface area contributed by atoms with Crippen LogP contribution in [-0.2, 0) is 17.0 Å². The highest BCUT2D eigenvalue weighted by molar-refractivity contribution is 7.98. The molecule has 138 valence electrons. The number of fused-ring (bicyclic) bond motifs is 1. The van der Waals surface area contributed by atoms with Crippen molar-refractivity contribution >= 4 is 56.5 Å². The van der Waals surface area contributed by atoms with Crippen LogP contribution in [0.4, 0.5) is 0 Å². The zero-order valence-corrected chi connectivity index (χ0v) is 17.8. The first-order chi connectivity index (χ1) is 12.4. The van der Waals surface area contributed by atoms with Crippen LogP contribution in [0, 0.1) is 13.8 Å². The van der Waals surface area contributed by atoms with E-state index in [0.717, 1.165) is 20.8 Å². The first-order valence-corrected chi connectivity index (χ1v) is 10.5. The van der Waals surface area contributed by atoms with Crippen molar-refractivity contribution in [2.75, 3.05) is 13.7 Å². The molecule has 0 fully saturated rings. The lowest BCUT2D eigenvalue weighted by atomic mass is 10.2. The van der Waals surface area contributed by atoms with Crippen LogP contribution in [0.15, 0.2) is 28.2 Å². The zero-order valence-electron chi connectivity index (χ0n) is 14.6. The molecule has 0 aliphatic rings. The fourth-order valence-corrected chi connectivity index (χ4v) is 5.23. The van der Waals surface area contributed by atoms with E-state index in [1.807, 2.05) is 26.0 Å². The maximum absolute atomic E-state index is 13.0. The van der Waals surface area contributed by atoms with Gasteiger partial charge in [-0.05, 0) is 37.1 Å². The number of hydrogen-bond donors (Lipinski definition) is 0. The summed E-state index contributed by atoms with van der Waals surface area (Å²) in [5.74, 6) is 0.601. The number of ether oxygens (including phenoxy) is 1. The molecule has 1 aromatic carbocycles. The molecule has 0 spiro atoms. The fraction of sp³-hybridized carbons (Fsp3) is 0.333. The fourth-order valence-electron chi connectivity index (χ4n) is 2.58. The molecule has 4 nitrogen and oxygen atoms in total. The Morgan fingerprint density at radius 2 is 2.08 bits per heavy atom. The van der Waals surface area contributed by atoms with Gasteiger partial charge in [0.25, 0.3) is 5.56 Å². The van der Waals surface area contributed by atoms with E-state index in [2.05, 4.69) is 0 Å². The number of aromatic nitrogens is 2. The molecule has 2 aromatic heterocycles. The molecule has 3 rings (SSSR count). The molecule has 0 saturated carbocycles. The van der Waals surface area contributed by atoms with Crippen molar-refractivity contribution in [3.8, 4) is 0 Å². The molecule has 26 heavy (non-hydrogen) atoms. The summed E-state index contributed by atoms with van der Waals surface area (Å²) in [6.07, 6.45) is 0. The van der Waals surface area contributed by atoms with E-state index in [1.165, 1.54) is 11.8 Å². The third-order valence-corrected chi connectivity index (χ3v) is 6.86. The molecule has 0 saturated heterocycles. The molecule has 8 heteroatoms. The lowest BCUT2D eigenvalue weighted by molar-refractivity contribution is 0.183. The highest BCUT2D eigenvalue weighted by atomic mass is 35.5. The Balaban J connectivity index is 2.01. The predicted octanol–water partition coefficient (Wildman–Crippen LogP) is 5.32. The van der Waals surface area contributed by atoms with E-state index in [-0.39, 0.29) is 5.56 Å². The standard InChI is InChI=1S/C18H18Cl2N2O2S2/c1-10-11(2)26-16-15(10)17(23)22(6-7-24-3)18(21-16)25-9-12-4-5-13(19)8-14(12)20/h4-5,8H,6-7,9H2,1-3H3. The Labute approximate surface area is 170 Å². The number of aryl methyl sites for hydroxylation is 2. The third-order valence-electron chi connectivity index (χ3n) is 4.14. The first kappa shape index (κ1) is 19.7. The lowest BCUT2D eigenvalue weighted by Gasteiger charge is -2.12.